The van der Waals surface area contributed by atoms with E-state index in [-0.39, 0.29) is 18.9 Å². The van der Waals surface area contributed by atoms with Gasteiger partial charge in [-0.15, -0.1) is 0 Å². The SMILES string of the molecule is CCOc1ccc(CC(=O)N2CC(=O)NC(=O)C2C)cc1. The minimum absolute atomic E-state index is 0.0806. The number of hydrogen-bond donors (Lipinski definition) is 1. The molecular formula is C15H18N2O4. The minimum atomic E-state index is -0.627. The van der Waals surface area contributed by atoms with E-state index in [1.165, 1.54) is 4.90 Å². The highest BCUT2D eigenvalue weighted by atomic mass is 16.5. The monoisotopic (exact) mass is 290 g/mol. The maximum atomic E-state index is 12.2. The lowest BCUT2D eigenvalue weighted by atomic mass is 10.1. The van der Waals surface area contributed by atoms with E-state index in [0.717, 1.165) is 11.3 Å². The second-order valence-electron chi connectivity index (χ2n) is 4.86. The lowest BCUT2D eigenvalue weighted by molar-refractivity contribution is -0.149. The van der Waals surface area contributed by atoms with E-state index in [0.29, 0.717) is 6.61 Å². The number of carbonyl (C=O) groups excluding carboxylic acids is 3. The van der Waals surface area contributed by atoms with Gasteiger partial charge in [0.05, 0.1) is 13.0 Å². The van der Waals surface area contributed by atoms with Crippen LogP contribution in [0.1, 0.15) is 19.4 Å². The molecule has 0 aliphatic carbocycles. The quantitative estimate of drug-likeness (QED) is 0.819. The van der Waals surface area contributed by atoms with Crippen molar-refractivity contribution in [1.82, 2.24) is 10.2 Å². The molecule has 21 heavy (non-hydrogen) atoms. The summed E-state index contributed by atoms with van der Waals surface area (Å²) in [6.45, 7) is 4.01. The normalized spacial score (nSPS) is 18.4. The summed E-state index contributed by atoms with van der Waals surface area (Å²) < 4.78 is 5.33. The van der Waals surface area contributed by atoms with Crippen molar-refractivity contribution in [3.05, 3.63) is 29.8 Å². The Balaban J connectivity index is 2.03. The first kappa shape index (κ1) is 15.0. The van der Waals surface area contributed by atoms with E-state index in [4.69, 9.17) is 4.74 Å². The predicted octanol–water partition coefficient (Wildman–Crippen LogP) is 0.501. The van der Waals surface area contributed by atoms with Gasteiger partial charge in [-0.25, -0.2) is 0 Å². The fraction of sp³-hybridized carbons (Fsp3) is 0.400. The highest BCUT2D eigenvalue weighted by Crippen LogP contribution is 2.14. The Bertz CT molecular complexity index is 553. The third-order valence-electron chi connectivity index (χ3n) is 3.33. The van der Waals surface area contributed by atoms with Gasteiger partial charge in [0.15, 0.2) is 0 Å². The lowest BCUT2D eigenvalue weighted by Crippen LogP contribution is -2.58. The summed E-state index contributed by atoms with van der Waals surface area (Å²) in [5.41, 5.74) is 0.814. The van der Waals surface area contributed by atoms with Crippen LogP contribution >= 0.6 is 0 Å². The molecule has 1 atom stereocenters. The van der Waals surface area contributed by atoms with Crippen LogP contribution in [-0.2, 0) is 20.8 Å². The zero-order valence-electron chi connectivity index (χ0n) is 12.1. The van der Waals surface area contributed by atoms with Crippen molar-refractivity contribution in [1.29, 1.82) is 0 Å². The maximum absolute atomic E-state index is 12.2. The van der Waals surface area contributed by atoms with E-state index in [1.54, 1.807) is 31.2 Å². The molecule has 6 nitrogen and oxygen atoms in total. The molecule has 1 N–H and O–H groups in total. The molecule has 6 heteroatoms. The number of rotatable bonds is 4. The number of nitrogens with zero attached hydrogens (tertiary/aromatic N) is 1. The van der Waals surface area contributed by atoms with E-state index in [2.05, 4.69) is 5.32 Å². The standard InChI is InChI=1S/C15H18N2O4/c1-3-21-12-6-4-11(5-7-12)8-14(19)17-9-13(18)16-15(20)10(17)2/h4-7,10H,3,8-9H2,1-2H3,(H,16,18,20). The second kappa shape index (κ2) is 6.39. The molecular weight excluding hydrogens is 272 g/mol. The van der Waals surface area contributed by atoms with Crippen molar-refractivity contribution in [2.45, 2.75) is 26.3 Å². The van der Waals surface area contributed by atoms with Gasteiger partial charge in [-0.1, -0.05) is 12.1 Å². The Morgan fingerprint density at radius 1 is 1.33 bits per heavy atom. The Morgan fingerprint density at radius 2 is 2.00 bits per heavy atom. The number of nitrogens with one attached hydrogen (secondary N) is 1. The Kier molecular flexibility index (Phi) is 4.57. The lowest BCUT2D eigenvalue weighted by Gasteiger charge is -2.31. The van der Waals surface area contributed by atoms with E-state index in [9.17, 15) is 14.4 Å². The number of benzene rings is 1. The van der Waals surface area contributed by atoms with Gasteiger partial charge in [-0.3, -0.25) is 19.7 Å². The summed E-state index contributed by atoms with van der Waals surface area (Å²) in [6.07, 6.45) is 0.150. The van der Waals surface area contributed by atoms with Gasteiger partial charge in [-0.2, -0.15) is 0 Å². The number of hydrogen-bond acceptors (Lipinski definition) is 4. The molecule has 1 saturated heterocycles. The Morgan fingerprint density at radius 3 is 2.62 bits per heavy atom. The average Bonchev–Trinajstić information content (AvgIpc) is 2.45. The molecule has 0 radical (unpaired) electrons. The molecule has 1 aromatic rings. The summed E-state index contributed by atoms with van der Waals surface area (Å²) in [5.74, 6) is -0.381. The molecule has 1 aliphatic rings. The maximum Gasteiger partial charge on any atom is 0.249 e. The van der Waals surface area contributed by atoms with Crippen molar-refractivity contribution < 1.29 is 19.1 Å². The van der Waals surface area contributed by atoms with Crippen LogP contribution in [-0.4, -0.2) is 41.8 Å². The van der Waals surface area contributed by atoms with Crippen molar-refractivity contribution in [2.24, 2.45) is 0 Å². The molecule has 112 valence electrons. The van der Waals surface area contributed by atoms with Crippen molar-refractivity contribution in [3.8, 4) is 5.75 Å². The summed E-state index contributed by atoms with van der Waals surface area (Å²) in [7, 11) is 0. The van der Waals surface area contributed by atoms with Crippen LogP contribution in [0.15, 0.2) is 24.3 Å². The van der Waals surface area contributed by atoms with Gasteiger partial charge in [0.2, 0.25) is 17.7 Å². The third-order valence-corrected chi connectivity index (χ3v) is 3.33. The fourth-order valence-corrected chi connectivity index (χ4v) is 2.17. The topological polar surface area (TPSA) is 75.7 Å². The molecule has 0 bridgehead atoms. The van der Waals surface area contributed by atoms with Crippen molar-refractivity contribution in [3.63, 3.8) is 0 Å². The highest BCUT2D eigenvalue weighted by Gasteiger charge is 2.33. The number of carbonyl (C=O) groups is 3. The van der Waals surface area contributed by atoms with Gasteiger partial charge in [0.25, 0.3) is 0 Å². The summed E-state index contributed by atoms with van der Waals surface area (Å²) >= 11 is 0. The molecule has 1 aliphatic heterocycles. The van der Waals surface area contributed by atoms with Crippen LogP contribution in [0.25, 0.3) is 0 Å². The molecule has 3 amide bonds. The fourth-order valence-electron chi connectivity index (χ4n) is 2.17. The van der Waals surface area contributed by atoms with Crippen LogP contribution in [0.4, 0.5) is 0 Å². The molecule has 0 saturated carbocycles. The zero-order chi connectivity index (χ0) is 15.4. The van der Waals surface area contributed by atoms with Crippen LogP contribution in [0.3, 0.4) is 0 Å². The first-order chi connectivity index (χ1) is 10.0. The van der Waals surface area contributed by atoms with Gasteiger partial charge in [-0.05, 0) is 31.5 Å². The number of amides is 3. The first-order valence-electron chi connectivity index (χ1n) is 6.86. The minimum Gasteiger partial charge on any atom is -0.494 e. The largest absolute Gasteiger partial charge is 0.494 e. The summed E-state index contributed by atoms with van der Waals surface area (Å²) in [4.78, 5) is 36.5. The second-order valence-corrected chi connectivity index (χ2v) is 4.86. The van der Waals surface area contributed by atoms with E-state index < -0.39 is 17.9 Å². The molecule has 1 fully saturated rings. The number of imide groups is 1. The average molecular weight is 290 g/mol. The van der Waals surface area contributed by atoms with Crippen LogP contribution in [0.5, 0.6) is 5.75 Å². The van der Waals surface area contributed by atoms with Gasteiger partial charge in [0, 0.05) is 0 Å². The Labute approximate surface area is 123 Å². The number of ether oxygens (including phenoxy) is 1. The Hall–Kier alpha value is -2.37. The van der Waals surface area contributed by atoms with Crippen molar-refractivity contribution >= 4 is 17.7 Å². The van der Waals surface area contributed by atoms with Crippen LogP contribution < -0.4 is 10.1 Å². The third kappa shape index (κ3) is 3.59. The predicted molar refractivity (Wildman–Crippen MR) is 75.6 cm³/mol. The highest BCUT2D eigenvalue weighted by molar-refractivity contribution is 6.04. The van der Waals surface area contributed by atoms with Gasteiger partial charge >= 0.3 is 0 Å². The van der Waals surface area contributed by atoms with Crippen molar-refractivity contribution in [2.75, 3.05) is 13.2 Å². The smallest absolute Gasteiger partial charge is 0.249 e. The molecule has 1 heterocycles. The molecule has 0 spiro atoms. The van der Waals surface area contributed by atoms with E-state index in [1.807, 2.05) is 6.92 Å². The molecule has 2 rings (SSSR count). The van der Waals surface area contributed by atoms with Crippen LogP contribution in [0, 0.1) is 0 Å². The molecule has 1 aromatic carbocycles. The van der Waals surface area contributed by atoms with Gasteiger partial charge in [0.1, 0.15) is 18.3 Å². The van der Waals surface area contributed by atoms with Gasteiger partial charge < -0.3 is 9.64 Å². The molecule has 0 aromatic heterocycles. The first-order valence-corrected chi connectivity index (χ1v) is 6.86. The van der Waals surface area contributed by atoms with E-state index >= 15 is 0 Å². The molecule has 1 unspecified atom stereocenters. The van der Waals surface area contributed by atoms with Crippen LogP contribution in [0.2, 0.25) is 0 Å². The summed E-state index contributed by atoms with van der Waals surface area (Å²) in [5, 5.41) is 2.21. The zero-order valence-corrected chi connectivity index (χ0v) is 12.1. The summed E-state index contributed by atoms with van der Waals surface area (Å²) in [6, 6.07) is 6.57. The number of piperazine rings is 1.